The summed E-state index contributed by atoms with van der Waals surface area (Å²) in [6, 6.07) is 12.0. The first kappa shape index (κ1) is 18.8. The number of hydrogen-bond donors (Lipinski definition) is 1. The summed E-state index contributed by atoms with van der Waals surface area (Å²) in [5.41, 5.74) is 0.738. The highest BCUT2D eigenvalue weighted by molar-refractivity contribution is 9.10. The Morgan fingerprint density at radius 3 is 2.08 bits per heavy atom. The summed E-state index contributed by atoms with van der Waals surface area (Å²) in [6.07, 6.45) is -0.995. The summed E-state index contributed by atoms with van der Waals surface area (Å²) in [5, 5.41) is 2.68. The predicted molar refractivity (Wildman–Crippen MR) is 97.2 cm³/mol. The fraction of sp³-hybridized carbons (Fsp3) is 0.222. The highest BCUT2D eigenvalue weighted by Crippen LogP contribution is 2.29. The van der Waals surface area contributed by atoms with Crippen LogP contribution in [0.5, 0.6) is 11.5 Å². The first-order valence-electron chi connectivity index (χ1n) is 7.44. The van der Waals surface area contributed by atoms with Gasteiger partial charge in [-0.15, -0.1) is 0 Å². The number of ether oxygens (including phenoxy) is 3. The Bertz CT molecular complexity index is 738. The van der Waals surface area contributed by atoms with Crippen molar-refractivity contribution in [2.45, 2.75) is 13.0 Å². The number of carbonyl (C=O) groups excluding carboxylic acids is 2. The van der Waals surface area contributed by atoms with Crippen LogP contribution in [-0.4, -0.2) is 32.2 Å². The second kappa shape index (κ2) is 8.53. The molecule has 7 heteroatoms. The van der Waals surface area contributed by atoms with Gasteiger partial charge in [-0.2, -0.15) is 0 Å². The molecule has 0 unspecified atom stereocenters. The van der Waals surface area contributed by atoms with E-state index in [1.807, 2.05) is 0 Å². The summed E-state index contributed by atoms with van der Waals surface area (Å²) in [4.78, 5) is 24.7. The topological polar surface area (TPSA) is 73.9 Å². The molecule has 25 heavy (non-hydrogen) atoms. The Kier molecular flexibility index (Phi) is 6.41. The van der Waals surface area contributed by atoms with Crippen LogP contribution in [-0.2, 0) is 9.53 Å². The first-order valence-corrected chi connectivity index (χ1v) is 8.24. The molecule has 0 aromatic heterocycles. The Morgan fingerprint density at radius 2 is 1.56 bits per heavy atom. The molecule has 0 radical (unpaired) electrons. The minimum Gasteiger partial charge on any atom is -0.496 e. The normalized spacial score (nSPS) is 11.4. The van der Waals surface area contributed by atoms with Crippen molar-refractivity contribution in [1.82, 2.24) is 0 Å². The number of nitrogens with one attached hydrogen (secondary N) is 1. The molecule has 0 saturated carbocycles. The van der Waals surface area contributed by atoms with Crippen molar-refractivity contribution in [2.24, 2.45) is 0 Å². The second-order valence-corrected chi connectivity index (χ2v) is 6.00. The van der Waals surface area contributed by atoms with Crippen LogP contribution in [0.4, 0.5) is 5.69 Å². The van der Waals surface area contributed by atoms with E-state index >= 15 is 0 Å². The molecule has 2 aromatic rings. The SMILES string of the molecule is COc1cccc(OC)c1C(=O)O[C@@H](C)C(=O)Nc1ccc(Br)cc1. The van der Waals surface area contributed by atoms with E-state index in [9.17, 15) is 9.59 Å². The molecule has 0 heterocycles. The van der Waals surface area contributed by atoms with Gasteiger partial charge in [-0.05, 0) is 43.3 Å². The third-order valence-electron chi connectivity index (χ3n) is 3.40. The minimum atomic E-state index is -0.995. The summed E-state index contributed by atoms with van der Waals surface area (Å²) < 4.78 is 16.5. The van der Waals surface area contributed by atoms with E-state index in [2.05, 4.69) is 21.2 Å². The highest BCUT2D eigenvalue weighted by Gasteiger charge is 2.24. The van der Waals surface area contributed by atoms with Crippen molar-refractivity contribution in [3.05, 3.63) is 52.5 Å². The maximum atomic E-state index is 12.4. The molecule has 0 aliphatic heterocycles. The van der Waals surface area contributed by atoms with E-state index in [1.54, 1.807) is 42.5 Å². The van der Waals surface area contributed by atoms with Crippen LogP contribution in [0.2, 0.25) is 0 Å². The molecule has 1 N–H and O–H groups in total. The number of halogens is 1. The summed E-state index contributed by atoms with van der Waals surface area (Å²) >= 11 is 3.32. The highest BCUT2D eigenvalue weighted by atomic mass is 79.9. The van der Waals surface area contributed by atoms with Crippen molar-refractivity contribution in [3.63, 3.8) is 0 Å². The van der Waals surface area contributed by atoms with Crippen molar-refractivity contribution in [3.8, 4) is 11.5 Å². The minimum absolute atomic E-state index is 0.135. The first-order chi connectivity index (χ1) is 12.0. The number of carbonyl (C=O) groups is 2. The van der Waals surface area contributed by atoms with Gasteiger partial charge in [0.2, 0.25) is 0 Å². The van der Waals surface area contributed by atoms with Crippen molar-refractivity contribution >= 4 is 33.5 Å². The molecule has 0 fully saturated rings. The lowest BCUT2D eigenvalue weighted by molar-refractivity contribution is -0.123. The van der Waals surface area contributed by atoms with Crippen molar-refractivity contribution < 1.29 is 23.8 Å². The lowest BCUT2D eigenvalue weighted by atomic mass is 10.1. The van der Waals surface area contributed by atoms with Crippen LogP contribution in [0.15, 0.2) is 46.9 Å². The zero-order valence-electron chi connectivity index (χ0n) is 14.0. The molecule has 1 atom stereocenters. The fourth-order valence-electron chi connectivity index (χ4n) is 2.10. The van der Waals surface area contributed by atoms with E-state index in [-0.39, 0.29) is 5.56 Å². The molecule has 2 rings (SSSR count). The van der Waals surface area contributed by atoms with Gasteiger partial charge < -0.3 is 19.5 Å². The molecule has 0 saturated heterocycles. The zero-order valence-corrected chi connectivity index (χ0v) is 15.6. The Balaban J connectivity index is 2.09. The average Bonchev–Trinajstić information content (AvgIpc) is 2.62. The maximum absolute atomic E-state index is 12.4. The summed E-state index contributed by atoms with van der Waals surface area (Å²) in [5.74, 6) is -0.521. The Hall–Kier alpha value is -2.54. The lowest BCUT2D eigenvalue weighted by Crippen LogP contribution is -2.30. The largest absolute Gasteiger partial charge is 0.496 e. The van der Waals surface area contributed by atoms with Gasteiger partial charge in [-0.3, -0.25) is 4.79 Å². The van der Waals surface area contributed by atoms with Gasteiger partial charge in [0.25, 0.3) is 5.91 Å². The third-order valence-corrected chi connectivity index (χ3v) is 3.93. The van der Waals surface area contributed by atoms with Gasteiger partial charge in [0.1, 0.15) is 17.1 Å². The molecule has 132 valence electrons. The molecular formula is C18H18BrNO5. The quantitative estimate of drug-likeness (QED) is 0.739. The molecule has 1 amide bonds. The van der Waals surface area contributed by atoms with Gasteiger partial charge in [-0.1, -0.05) is 22.0 Å². The van der Waals surface area contributed by atoms with E-state index in [0.29, 0.717) is 17.2 Å². The van der Waals surface area contributed by atoms with E-state index in [0.717, 1.165) is 4.47 Å². The zero-order chi connectivity index (χ0) is 18.4. The Morgan fingerprint density at radius 1 is 1.00 bits per heavy atom. The number of anilines is 1. The third kappa shape index (κ3) is 4.73. The number of hydrogen-bond acceptors (Lipinski definition) is 5. The van der Waals surface area contributed by atoms with Crippen LogP contribution < -0.4 is 14.8 Å². The van der Waals surface area contributed by atoms with E-state index in [4.69, 9.17) is 14.2 Å². The predicted octanol–water partition coefficient (Wildman–Crippen LogP) is 3.65. The molecule has 0 aliphatic carbocycles. The van der Waals surface area contributed by atoms with Gasteiger partial charge in [0.15, 0.2) is 6.10 Å². The van der Waals surface area contributed by atoms with Crippen LogP contribution in [0.1, 0.15) is 17.3 Å². The van der Waals surface area contributed by atoms with Gasteiger partial charge in [0.05, 0.1) is 14.2 Å². The fourth-order valence-corrected chi connectivity index (χ4v) is 2.37. The second-order valence-electron chi connectivity index (χ2n) is 5.08. The van der Waals surface area contributed by atoms with E-state index < -0.39 is 18.0 Å². The van der Waals surface area contributed by atoms with Gasteiger partial charge >= 0.3 is 5.97 Å². The van der Waals surface area contributed by atoms with E-state index in [1.165, 1.54) is 21.1 Å². The number of rotatable bonds is 6. The van der Waals surface area contributed by atoms with Crippen molar-refractivity contribution in [2.75, 3.05) is 19.5 Å². The van der Waals surface area contributed by atoms with Crippen LogP contribution in [0.25, 0.3) is 0 Å². The maximum Gasteiger partial charge on any atom is 0.346 e. The van der Waals surface area contributed by atoms with Gasteiger partial charge in [0, 0.05) is 10.2 Å². The number of amides is 1. The number of benzene rings is 2. The van der Waals surface area contributed by atoms with Crippen LogP contribution in [0, 0.1) is 0 Å². The lowest BCUT2D eigenvalue weighted by Gasteiger charge is -2.16. The standard InChI is InChI=1S/C18H18BrNO5/c1-11(17(21)20-13-9-7-12(19)8-10-13)25-18(22)16-14(23-2)5-4-6-15(16)24-3/h4-11H,1-3H3,(H,20,21)/t11-/m0/s1. The molecule has 0 aliphatic rings. The molecular weight excluding hydrogens is 390 g/mol. The average molecular weight is 408 g/mol. The number of methoxy groups -OCH3 is 2. The smallest absolute Gasteiger partial charge is 0.346 e. The van der Waals surface area contributed by atoms with Gasteiger partial charge in [-0.25, -0.2) is 4.79 Å². The molecule has 6 nitrogen and oxygen atoms in total. The molecule has 2 aromatic carbocycles. The van der Waals surface area contributed by atoms with Crippen molar-refractivity contribution in [1.29, 1.82) is 0 Å². The number of esters is 1. The summed E-state index contributed by atoms with van der Waals surface area (Å²) in [6.45, 7) is 1.49. The van der Waals surface area contributed by atoms with Crippen LogP contribution in [0.3, 0.4) is 0 Å². The van der Waals surface area contributed by atoms with Crippen LogP contribution >= 0.6 is 15.9 Å². The monoisotopic (exact) mass is 407 g/mol. The Labute approximate surface area is 154 Å². The molecule has 0 spiro atoms. The molecule has 0 bridgehead atoms. The summed E-state index contributed by atoms with van der Waals surface area (Å²) in [7, 11) is 2.88.